The fourth-order valence-corrected chi connectivity index (χ4v) is 3.44. The number of hydrogen-bond donors (Lipinski definition) is 1. The number of aryl methyl sites for hydroxylation is 1. The van der Waals surface area contributed by atoms with Crippen LogP contribution in [0.1, 0.15) is 25.1 Å². The van der Waals surface area contributed by atoms with E-state index in [9.17, 15) is 13.2 Å². The Labute approximate surface area is 171 Å². The van der Waals surface area contributed by atoms with Gasteiger partial charge in [0.2, 0.25) is 0 Å². The van der Waals surface area contributed by atoms with Gasteiger partial charge >= 0.3 is 6.36 Å². The van der Waals surface area contributed by atoms with Gasteiger partial charge in [-0.1, -0.05) is 0 Å². The molecule has 3 N–H and O–H groups in total. The van der Waals surface area contributed by atoms with Crippen molar-refractivity contribution in [3.63, 3.8) is 0 Å². The second kappa shape index (κ2) is 8.87. The third kappa shape index (κ3) is 5.10. The minimum absolute atomic E-state index is 0. The number of hydrogen-bond acceptors (Lipinski definition) is 4. The second-order valence-electron chi connectivity index (χ2n) is 6.66. The molecule has 2 aromatic heterocycles. The summed E-state index contributed by atoms with van der Waals surface area (Å²) in [5.41, 5.74) is 3.19. The number of aromatic nitrogens is 3. The van der Waals surface area contributed by atoms with Gasteiger partial charge in [0, 0.05) is 18.8 Å². The molecule has 3 heterocycles. The monoisotopic (exact) mass is 430 g/mol. The van der Waals surface area contributed by atoms with Crippen molar-refractivity contribution in [2.45, 2.75) is 32.5 Å². The molecule has 3 aromatic rings. The lowest BCUT2D eigenvalue weighted by Gasteiger charge is -2.28. The summed E-state index contributed by atoms with van der Waals surface area (Å²) in [4.78, 5) is 14.7. The van der Waals surface area contributed by atoms with Gasteiger partial charge < -0.3 is 20.1 Å². The van der Waals surface area contributed by atoms with E-state index in [1.165, 1.54) is 18.6 Å². The first-order chi connectivity index (χ1) is 12.9. The number of benzene rings is 1. The third-order valence-corrected chi connectivity index (χ3v) is 4.62. The molecule has 0 spiro atoms. The number of anilines is 1. The first kappa shape index (κ1) is 22.8. The predicted molar refractivity (Wildman–Crippen MR) is 108 cm³/mol. The van der Waals surface area contributed by atoms with Gasteiger partial charge in [-0.2, -0.15) is 0 Å². The molecule has 1 aromatic carbocycles. The number of nitrogens with one attached hydrogen (secondary N) is 1. The maximum atomic E-state index is 12.3. The number of alkyl halides is 3. The van der Waals surface area contributed by atoms with Crippen LogP contribution >= 0.6 is 12.4 Å². The highest BCUT2D eigenvalue weighted by Crippen LogP contribution is 2.31. The van der Waals surface area contributed by atoms with Gasteiger partial charge in [-0.15, -0.1) is 25.6 Å². The molecular formula is C19H22ClF3N4O2. The fraction of sp³-hybridized carbons (Fsp3) is 0.368. The zero-order chi connectivity index (χ0) is 19.0. The zero-order valence-corrected chi connectivity index (χ0v) is 16.5. The second-order valence-corrected chi connectivity index (χ2v) is 6.66. The van der Waals surface area contributed by atoms with Gasteiger partial charge in [0.15, 0.2) is 5.82 Å². The van der Waals surface area contributed by atoms with Gasteiger partial charge in [-0.05, 0) is 62.1 Å². The number of H-pyrrole nitrogens is 1. The van der Waals surface area contributed by atoms with Gasteiger partial charge in [0.25, 0.3) is 0 Å². The number of piperidine rings is 1. The normalized spacial score (nSPS) is 14.3. The Bertz CT molecular complexity index is 954. The van der Waals surface area contributed by atoms with Crippen LogP contribution in [0.3, 0.4) is 0 Å². The minimum atomic E-state index is -4.70. The summed E-state index contributed by atoms with van der Waals surface area (Å²) >= 11 is 0. The minimum Gasteiger partial charge on any atom is -0.412 e. The molecule has 0 radical (unpaired) electrons. The Hall–Kier alpha value is -2.52. The SMILES string of the molecule is Cc1nc(N2CCCCC2)c2[nH]c(-c3ccc(OC(F)(F)F)cc3)cc2n1.Cl.O. The lowest BCUT2D eigenvalue weighted by molar-refractivity contribution is -0.274. The van der Waals surface area contributed by atoms with Crippen molar-refractivity contribution in [2.75, 3.05) is 18.0 Å². The van der Waals surface area contributed by atoms with Gasteiger partial charge in [0.05, 0.1) is 5.52 Å². The third-order valence-electron chi connectivity index (χ3n) is 4.62. The van der Waals surface area contributed by atoms with E-state index >= 15 is 0 Å². The van der Waals surface area contributed by atoms with E-state index in [4.69, 9.17) is 0 Å². The first-order valence-electron chi connectivity index (χ1n) is 8.87. The highest BCUT2D eigenvalue weighted by atomic mass is 35.5. The molecule has 0 bridgehead atoms. The standard InChI is InChI=1S/C19H19F3N4O.ClH.H2O/c1-12-23-16-11-15(13-5-7-14(8-6-13)27-19(20,21)22)25-17(16)18(24-12)26-9-3-2-4-10-26;;/h5-8,11,25H,2-4,9-10H2,1H3;1H;1H2. The Balaban J connectivity index is 0.00000150. The maximum Gasteiger partial charge on any atom is 0.573 e. The Morgan fingerprint density at radius 3 is 2.31 bits per heavy atom. The van der Waals surface area contributed by atoms with Gasteiger partial charge in [-0.25, -0.2) is 9.97 Å². The van der Waals surface area contributed by atoms with Crippen molar-refractivity contribution in [1.29, 1.82) is 0 Å². The molecule has 0 amide bonds. The molecule has 29 heavy (non-hydrogen) atoms. The molecule has 10 heteroatoms. The smallest absolute Gasteiger partial charge is 0.412 e. The van der Waals surface area contributed by atoms with E-state index in [1.807, 2.05) is 13.0 Å². The predicted octanol–water partition coefficient (Wildman–Crippen LogP) is 4.42. The maximum absolute atomic E-state index is 12.3. The van der Waals surface area contributed by atoms with Crippen LogP contribution in [-0.4, -0.2) is 39.9 Å². The molecule has 0 aliphatic carbocycles. The average Bonchev–Trinajstić information content (AvgIpc) is 3.05. The average molecular weight is 431 g/mol. The van der Waals surface area contributed by atoms with E-state index < -0.39 is 6.36 Å². The van der Waals surface area contributed by atoms with Gasteiger partial charge in [0.1, 0.15) is 17.1 Å². The summed E-state index contributed by atoms with van der Waals surface area (Å²) in [5, 5.41) is 0. The van der Waals surface area contributed by atoms with Gasteiger partial charge in [-0.3, -0.25) is 0 Å². The Morgan fingerprint density at radius 1 is 1.03 bits per heavy atom. The number of halogens is 4. The summed E-state index contributed by atoms with van der Waals surface area (Å²) in [6.07, 6.45) is -1.19. The van der Waals surface area contributed by atoms with E-state index in [2.05, 4.69) is 24.6 Å². The molecule has 1 aliphatic heterocycles. The van der Waals surface area contributed by atoms with Crippen LogP contribution in [0.25, 0.3) is 22.3 Å². The highest BCUT2D eigenvalue weighted by molar-refractivity contribution is 5.91. The zero-order valence-electron chi connectivity index (χ0n) is 15.7. The number of aromatic amines is 1. The summed E-state index contributed by atoms with van der Waals surface area (Å²) in [7, 11) is 0. The molecule has 1 aliphatic rings. The van der Waals surface area contributed by atoms with Crippen molar-refractivity contribution in [1.82, 2.24) is 15.0 Å². The van der Waals surface area contributed by atoms with E-state index in [-0.39, 0.29) is 23.6 Å². The van der Waals surface area contributed by atoms with Crippen molar-refractivity contribution in [3.05, 3.63) is 36.2 Å². The van der Waals surface area contributed by atoms with Crippen LogP contribution in [0.5, 0.6) is 5.75 Å². The van der Waals surface area contributed by atoms with Crippen LogP contribution in [-0.2, 0) is 0 Å². The molecule has 0 atom stereocenters. The number of fused-ring (bicyclic) bond motifs is 1. The Morgan fingerprint density at radius 2 is 1.69 bits per heavy atom. The molecule has 0 saturated carbocycles. The van der Waals surface area contributed by atoms with E-state index in [0.717, 1.165) is 54.0 Å². The van der Waals surface area contributed by atoms with Crippen molar-refractivity contribution < 1.29 is 23.4 Å². The molecule has 6 nitrogen and oxygen atoms in total. The lowest BCUT2D eigenvalue weighted by atomic mass is 10.1. The van der Waals surface area contributed by atoms with Crippen LogP contribution in [0, 0.1) is 6.92 Å². The van der Waals surface area contributed by atoms with Crippen molar-refractivity contribution in [2.24, 2.45) is 0 Å². The fourth-order valence-electron chi connectivity index (χ4n) is 3.44. The van der Waals surface area contributed by atoms with Crippen molar-refractivity contribution >= 4 is 29.3 Å². The first-order valence-corrected chi connectivity index (χ1v) is 8.87. The summed E-state index contributed by atoms with van der Waals surface area (Å²) in [5.74, 6) is 1.34. The highest BCUT2D eigenvalue weighted by Gasteiger charge is 2.31. The molecule has 4 rings (SSSR count). The van der Waals surface area contributed by atoms with E-state index in [0.29, 0.717) is 5.82 Å². The van der Waals surface area contributed by atoms with E-state index in [1.54, 1.807) is 12.1 Å². The topological polar surface area (TPSA) is 85.5 Å². The number of nitrogens with zero attached hydrogens (tertiary/aromatic N) is 3. The molecule has 0 unspecified atom stereocenters. The molecule has 158 valence electrons. The summed E-state index contributed by atoms with van der Waals surface area (Å²) in [6.45, 7) is 3.79. The van der Waals surface area contributed by atoms with Crippen LogP contribution in [0.4, 0.5) is 19.0 Å². The molecule has 1 saturated heterocycles. The largest absolute Gasteiger partial charge is 0.573 e. The van der Waals surface area contributed by atoms with Crippen molar-refractivity contribution in [3.8, 4) is 17.0 Å². The summed E-state index contributed by atoms with van der Waals surface area (Å²) < 4.78 is 40.9. The quantitative estimate of drug-likeness (QED) is 0.666. The summed E-state index contributed by atoms with van der Waals surface area (Å²) in [6, 6.07) is 7.68. The number of rotatable bonds is 3. The molecule has 1 fully saturated rings. The molecular weight excluding hydrogens is 409 g/mol. The van der Waals surface area contributed by atoms with Crippen LogP contribution in [0.2, 0.25) is 0 Å². The Kier molecular flexibility index (Phi) is 6.97. The van der Waals surface area contributed by atoms with Crippen LogP contribution in [0.15, 0.2) is 30.3 Å². The lowest BCUT2D eigenvalue weighted by Crippen LogP contribution is -2.30. The number of ether oxygens (including phenoxy) is 1. The van der Waals surface area contributed by atoms with Crippen LogP contribution < -0.4 is 9.64 Å².